The number of nitrogens with one attached hydrogen (secondary N) is 2. The molecule has 2 aliphatic rings. The molecular weight excluding hydrogens is 257 g/mol. The number of hydroxylamine groups is 1. The van der Waals surface area contributed by atoms with Crippen LogP contribution in [0.25, 0.3) is 0 Å². The molecule has 20 heavy (non-hydrogen) atoms. The lowest BCUT2D eigenvalue weighted by Crippen LogP contribution is -2.29. The lowest BCUT2D eigenvalue weighted by Gasteiger charge is -2.22. The summed E-state index contributed by atoms with van der Waals surface area (Å²) in [5, 5.41) is 3.42. The zero-order chi connectivity index (χ0) is 13.8. The smallest absolute Gasteiger partial charge is 0.180 e. The van der Waals surface area contributed by atoms with Crippen LogP contribution in [0, 0.1) is 11.7 Å². The zero-order valence-electron chi connectivity index (χ0n) is 11.4. The number of hydrogen-bond donors (Lipinski definition) is 2. The molecule has 0 spiro atoms. The number of amidine groups is 1. The fourth-order valence-corrected chi connectivity index (χ4v) is 2.74. The molecule has 1 unspecified atom stereocenters. The van der Waals surface area contributed by atoms with E-state index in [1.165, 1.54) is 25.0 Å². The van der Waals surface area contributed by atoms with Gasteiger partial charge in [-0.3, -0.25) is 0 Å². The maximum atomic E-state index is 12.9. The first-order chi connectivity index (χ1) is 9.83. The Morgan fingerprint density at radius 1 is 1.10 bits per heavy atom. The second kappa shape index (κ2) is 6.33. The van der Waals surface area contributed by atoms with Crippen LogP contribution in [0.2, 0.25) is 0 Å². The third kappa shape index (κ3) is 3.16. The Kier molecular flexibility index (Phi) is 4.28. The Morgan fingerprint density at radius 3 is 2.80 bits per heavy atom. The van der Waals surface area contributed by atoms with E-state index in [-0.39, 0.29) is 12.0 Å². The minimum atomic E-state index is -0.240. The van der Waals surface area contributed by atoms with Crippen molar-refractivity contribution in [3.05, 3.63) is 35.6 Å². The molecule has 4 nitrogen and oxygen atoms in total. The van der Waals surface area contributed by atoms with Gasteiger partial charge in [0.15, 0.2) is 12.1 Å². The molecule has 0 saturated carbocycles. The average Bonchev–Trinajstić information content (AvgIpc) is 2.89. The van der Waals surface area contributed by atoms with Crippen LogP contribution in [-0.2, 0) is 4.84 Å². The summed E-state index contributed by atoms with van der Waals surface area (Å²) in [7, 11) is 0. The van der Waals surface area contributed by atoms with Gasteiger partial charge in [0, 0.05) is 11.5 Å². The first-order valence-electron chi connectivity index (χ1n) is 7.29. The Labute approximate surface area is 118 Å². The zero-order valence-corrected chi connectivity index (χ0v) is 11.4. The van der Waals surface area contributed by atoms with E-state index in [1.54, 1.807) is 12.1 Å². The maximum absolute atomic E-state index is 12.9. The van der Waals surface area contributed by atoms with Gasteiger partial charge in [0.1, 0.15) is 5.82 Å². The number of hydrogen-bond acceptors (Lipinski definition) is 4. The lowest BCUT2D eigenvalue weighted by molar-refractivity contribution is -0.00510. The van der Waals surface area contributed by atoms with Crippen LogP contribution >= 0.6 is 0 Å². The molecule has 1 saturated heterocycles. The highest BCUT2D eigenvalue weighted by Gasteiger charge is 2.27. The first-order valence-corrected chi connectivity index (χ1v) is 7.29. The topological polar surface area (TPSA) is 45.7 Å². The van der Waals surface area contributed by atoms with Crippen molar-refractivity contribution < 1.29 is 9.23 Å². The van der Waals surface area contributed by atoms with Gasteiger partial charge >= 0.3 is 0 Å². The lowest BCUT2D eigenvalue weighted by atomic mass is 9.95. The van der Waals surface area contributed by atoms with Crippen LogP contribution in [0.1, 0.15) is 31.2 Å². The van der Waals surface area contributed by atoms with Gasteiger partial charge in [0.25, 0.3) is 0 Å². The van der Waals surface area contributed by atoms with E-state index in [0.717, 1.165) is 31.5 Å². The van der Waals surface area contributed by atoms with Gasteiger partial charge in [0.2, 0.25) is 0 Å². The summed E-state index contributed by atoms with van der Waals surface area (Å²) in [5.74, 6) is 0.897. The van der Waals surface area contributed by atoms with Gasteiger partial charge in [-0.05, 0) is 56.6 Å². The van der Waals surface area contributed by atoms with Crippen LogP contribution in [0.3, 0.4) is 0 Å². The molecule has 2 N–H and O–H groups in total. The van der Waals surface area contributed by atoms with Crippen LogP contribution < -0.4 is 10.8 Å². The van der Waals surface area contributed by atoms with Crippen molar-refractivity contribution in [2.24, 2.45) is 10.9 Å². The van der Waals surface area contributed by atoms with Crippen LogP contribution in [0.5, 0.6) is 0 Å². The van der Waals surface area contributed by atoms with Crippen molar-refractivity contribution in [3.63, 3.8) is 0 Å². The quantitative estimate of drug-likeness (QED) is 0.871. The summed E-state index contributed by atoms with van der Waals surface area (Å²) in [4.78, 5) is 10.2. The average molecular weight is 277 g/mol. The van der Waals surface area contributed by atoms with E-state index in [0.29, 0.717) is 11.8 Å². The number of aliphatic imine (C=N–C) groups is 1. The SMILES string of the molecule is Fc1ccc(C2=N[C@@H](C3CCCCNCC3)ON2)cc1. The van der Waals surface area contributed by atoms with Gasteiger partial charge in [-0.2, -0.15) is 0 Å². The summed E-state index contributed by atoms with van der Waals surface area (Å²) >= 11 is 0. The van der Waals surface area contributed by atoms with Gasteiger partial charge in [-0.15, -0.1) is 0 Å². The van der Waals surface area contributed by atoms with Gasteiger partial charge in [0.05, 0.1) is 0 Å². The van der Waals surface area contributed by atoms with E-state index in [9.17, 15) is 4.39 Å². The summed E-state index contributed by atoms with van der Waals surface area (Å²) < 4.78 is 12.9. The van der Waals surface area contributed by atoms with Crippen molar-refractivity contribution in [1.82, 2.24) is 10.8 Å². The predicted octanol–water partition coefficient (Wildman–Crippen LogP) is 2.21. The Balaban J connectivity index is 1.68. The fourth-order valence-electron chi connectivity index (χ4n) is 2.74. The predicted molar refractivity (Wildman–Crippen MR) is 75.8 cm³/mol. The van der Waals surface area contributed by atoms with E-state index in [2.05, 4.69) is 15.8 Å². The Morgan fingerprint density at radius 2 is 1.95 bits per heavy atom. The first kappa shape index (κ1) is 13.5. The molecule has 1 aromatic carbocycles. The molecular formula is C15H20FN3O. The molecule has 0 bridgehead atoms. The molecule has 2 heterocycles. The fraction of sp³-hybridized carbons (Fsp3) is 0.533. The molecule has 5 heteroatoms. The third-order valence-corrected chi connectivity index (χ3v) is 3.92. The molecule has 2 atom stereocenters. The number of nitrogens with zero attached hydrogens (tertiary/aromatic N) is 1. The minimum Gasteiger partial charge on any atom is -0.317 e. The van der Waals surface area contributed by atoms with Crippen LogP contribution in [-0.4, -0.2) is 25.2 Å². The molecule has 0 aliphatic carbocycles. The van der Waals surface area contributed by atoms with Crippen molar-refractivity contribution in [3.8, 4) is 0 Å². The summed E-state index contributed by atoms with van der Waals surface area (Å²) in [6.07, 6.45) is 4.51. The largest absolute Gasteiger partial charge is 0.317 e. The van der Waals surface area contributed by atoms with Gasteiger partial charge in [-0.1, -0.05) is 6.42 Å². The van der Waals surface area contributed by atoms with Gasteiger partial charge < -0.3 is 5.32 Å². The second-order valence-corrected chi connectivity index (χ2v) is 5.39. The maximum Gasteiger partial charge on any atom is 0.180 e. The number of halogens is 1. The molecule has 3 rings (SSSR count). The molecule has 108 valence electrons. The third-order valence-electron chi connectivity index (χ3n) is 3.92. The highest BCUT2D eigenvalue weighted by Crippen LogP contribution is 2.24. The number of rotatable bonds is 2. The highest BCUT2D eigenvalue weighted by atomic mass is 19.1. The van der Waals surface area contributed by atoms with E-state index in [1.807, 2.05) is 0 Å². The van der Waals surface area contributed by atoms with Crippen molar-refractivity contribution in [2.75, 3.05) is 13.1 Å². The molecule has 1 fully saturated rings. The Hall–Kier alpha value is -1.46. The molecule has 2 aliphatic heterocycles. The van der Waals surface area contributed by atoms with Crippen LogP contribution in [0.4, 0.5) is 4.39 Å². The second-order valence-electron chi connectivity index (χ2n) is 5.39. The van der Waals surface area contributed by atoms with Crippen molar-refractivity contribution in [2.45, 2.75) is 31.9 Å². The molecule has 0 amide bonds. The molecule has 0 aromatic heterocycles. The van der Waals surface area contributed by atoms with Gasteiger partial charge in [-0.25, -0.2) is 19.7 Å². The summed E-state index contributed by atoms with van der Waals surface area (Å²) in [5.41, 5.74) is 3.74. The van der Waals surface area contributed by atoms with Crippen molar-refractivity contribution >= 4 is 5.84 Å². The number of benzene rings is 1. The standard InChI is InChI=1S/C15H20FN3O/c16-13-6-4-11(5-7-13)14-18-15(20-19-14)12-3-1-2-9-17-10-8-12/h4-7,12,15,17H,1-3,8-10H2,(H,18,19)/t12?,15-/m1/s1. The Bertz CT molecular complexity index is 467. The van der Waals surface area contributed by atoms with E-state index in [4.69, 9.17) is 4.84 Å². The monoisotopic (exact) mass is 277 g/mol. The summed E-state index contributed by atoms with van der Waals surface area (Å²) in [6.45, 7) is 2.13. The molecule has 1 aromatic rings. The normalized spacial score (nSPS) is 27.4. The minimum absolute atomic E-state index is 0.130. The van der Waals surface area contributed by atoms with Crippen molar-refractivity contribution in [1.29, 1.82) is 0 Å². The van der Waals surface area contributed by atoms with E-state index >= 15 is 0 Å². The van der Waals surface area contributed by atoms with E-state index < -0.39 is 0 Å². The molecule has 0 radical (unpaired) electrons. The van der Waals surface area contributed by atoms with Crippen LogP contribution in [0.15, 0.2) is 29.3 Å². The highest BCUT2D eigenvalue weighted by molar-refractivity contribution is 5.98. The summed E-state index contributed by atoms with van der Waals surface area (Å²) in [6, 6.07) is 6.30.